The van der Waals surface area contributed by atoms with E-state index in [0.29, 0.717) is 17.7 Å². The highest BCUT2D eigenvalue weighted by Crippen LogP contribution is 2.31. The van der Waals surface area contributed by atoms with Crippen molar-refractivity contribution in [3.05, 3.63) is 0 Å². The topological polar surface area (TPSA) is 29.5 Å². The van der Waals surface area contributed by atoms with E-state index in [0.717, 1.165) is 52.0 Å². The maximum absolute atomic E-state index is 12.2. The van der Waals surface area contributed by atoms with Gasteiger partial charge in [-0.1, -0.05) is 26.2 Å². The van der Waals surface area contributed by atoms with E-state index in [1.165, 1.54) is 32.1 Å². The first-order valence-corrected chi connectivity index (χ1v) is 8.67. The molecule has 1 saturated carbocycles. The molecule has 20 heavy (non-hydrogen) atoms. The Morgan fingerprint density at radius 3 is 2.80 bits per heavy atom. The van der Waals surface area contributed by atoms with Crippen molar-refractivity contribution in [2.45, 2.75) is 70.8 Å². The van der Waals surface area contributed by atoms with Gasteiger partial charge in [-0.15, -0.1) is 0 Å². The van der Waals surface area contributed by atoms with Crippen LogP contribution in [-0.2, 0) is 9.53 Å². The molecule has 2 atom stereocenters. The molecular weight excluding hydrogens is 250 g/mol. The van der Waals surface area contributed by atoms with Crippen molar-refractivity contribution < 1.29 is 9.53 Å². The van der Waals surface area contributed by atoms with Crippen LogP contribution in [0.2, 0.25) is 0 Å². The van der Waals surface area contributed by atoms with E-state index in [1.54, 1.807) is 0 Å². The van der Waals surface area contributed by atoms with Gasteiger partial charge in [-0.05, 0) is 38.6 Å². The average molecular weight is 281 g/mol. The van der Waals surface area contributed by atoms with Gasteiger partial charge < -0.3 is 4.74 Å². The Kier molecular flexibility index (Phi) is 7.01. The molecule has 0 aromatic heterocycles. The van der Waals surface area contributed by atoms with Crippen LogP contribution in [0.4, 0.5) is 0 Å². The minimum atomic E-state index is 0.319. The predicted molar refractivity (Wildman–Crippen MR) is 81.9 cm³/mol. The summed E-state index contributed by atoms with van der Waals surface area (Å²) in [5.74, 6) is 0.847. The summed E-state index contributed by atoms with van der Waals surface area (Å²) in [5.41, 5.74) is 0. The number of carbonyl (C=O) groups is 1. The fourth-order valence-electron chi connectivity index (χ4n) is 3.70. The third-order valence-corrected chi connectivity index (χ3v) is 4.90. The molecule has 1 aliphatic heterocycles. The Labute approximate surface area is 124 Å². The SMILES string of the molecule is CCCCOCCN1CCCCC1C1CCCCC1=O. The normalized spacial score (nSPS) is 28.8. The molecule has 2 fully saturated rings. The molecule has 116 valence electrons. The van der Waals surface area contributed by atoms with Crippen LogP contribution in [0.3, 0.4) is 0 Å². The Hall–Kier alpha value is -0.410. The van der Waals surface area contributed by atoms with Crippen molar-refractivity contribution in [1.29, 1.82) is 0 Å². The zero-order chi connectivity index (χ0) is 14.2. The smallest absolute Gasteiger partial charge is 0.137 e. The third-order valence-electron chi connectivity index (χ3n) is 4.90. The second-order valence-corrected chi connectivity index (χ2v) is 6.38. The number of likely N-dealkylation sites (tertiary alicyclic amines) is 1. The summed E-state index contributed by atoms with van der Waals surface area (Å²) in [5, 5.41) is 0. The molecule has 0 amide bonds. The van der Waals surface area contributed by atoms with Crippen molar-refractivity contribution >= 4 is 5.78 Å². The highest BCUT2D eigenvalue weighted by atomic mass is 16.5. The fourth-order valence-corrected chi connectivity index (χ4v) is 3.70. The molecule has 0 bridgehead atoms. The molecule has 0 radical (unpaired) electrons. The van der Waals surface area contributed by atoms with Crippen LogP contribution < -0.4 is 0 Å². The first kappa shape index (κ1) is 16.0. The van der Waals surface area contributed by atoms with Crippen LogP contribution in [0.25, 0.3) is 0 Å². The Morgan fingerprint density at radius 2 is 2.00 bits per heavy atom. The third kappa shape index (κ3) is 4.56. The summed E-state index contributed by atoms with van der Waals surface area (Å²) in [6, 6.07) is 0.506. The molecule has 1 aliphatic carbocycles. The molecule has 0 aromatic rings. The molecule has 1 saturated heterocycles. The molecule has 2 rings (SSSR count). The average Bonchev–Trinajstić information content (AvgIpc) is 2.48. The van der Waals surface area contributed by atoms with E-state index >= 15 is 0 Å². The van der Waals surface area contributed by atoms with Gasteiger partial charge in [-0.3, -0.25) is 9.69 Å². The molecule has 3 nitrogen and oxygen atoms in total. The van der Waals surface area contributed by atoms with Crippen molar-refractivity contribution in [3.8, 4) is 0 Å². The van der Waals surface area contributed by atoms with Gasteiger partial charge in [0, 0.05) is 31.5 Å². The first-order chi connectivity index (χ1) is 9.83. The minimum Gasteiger partial charge on any atom is -0.380 e. The quantitative estimate of drug-likeness (QED) is 0.670. The van der Waals surface area contributed by atoms with Crippen molar-refractivity contribution in [2.24, 2.45) is 5.92 Å². The van der Waals surface area contributed by atoms with E-state index in [4.69, 9.17) is 4.74 Å². The number of Topliss-reactive ketones (excluding diaryl/α,β-unsaturated/α-hetero) is 1. The number of hydrogen-bond acceptors (Lipinski definition) is 3. The van der Waals surface area contributed by atoms with Crippen LogP contribution in [0.1, 0.15) is 64.7 Å². The maximum Gasteiger partial charge on any atom is 0.137 e. The Bertz CT molecular complexity index is 293. The molecule has 0 N–H and O–H groups in total. The lowest BCUT2D eigenvalue weighted by atomic mass is 9.79. The number of ether oxygens (including phenoxy) is 1. The number of unbranched alkanes of at least 4 members (excludes halogenated alkanes) is 1. The van der Waals surface area contributed by atoms with E-state index in [-0.39, 0.29) is 0 Å². The standard InChI is InChI=1S/C17H31NO2/c1-2-3-13-20-14-12-18-11-7-6-9-16(18)15-8-4-5-10-17(15)19/h15-16H,2-14H2,1H3. The van der Waals surface area contributed by atoms with Crippen LogP contribution in [0, 0.1) is 5.92 Å². The highest BCUT2D eigenvalue weighted by molar-refractivity contribution is 5.82. The number of piperidine rings is 1. The van der Waals surface area contributed by atoms with Crippen LogP contribution in [-0.4, -0.2) is 43.0 Å². The van der Waals surface area contributed by atoms with Crippen molar-refractivity contribution in [1.82, 2.24) is 4.90 Å². The Morgan fingerprint density at radius 1 is 1.15 bits per heavy atom. The number of carbonyl (C=O) groups excluding carboxylic acids is 1. The first-order valence-electron chi connectivity index (χ1n) is 8.67. The van der Waals surface area contributed by atoms with E-state index in [2.05, 4.69) is 11.8 Å². The molecule has 1 heterocycles. The predicted octanol–water partition coefficient (Wildman–Crippen LogP) is 3.42. The second-order valence-electron chi connectivity index (χ2n) is 6.38. The molecule has 0 aromatic carbocycles. The number of rotatable bonds is 7. The zero-order valence-corrected chi connectivity index (χ0v) is 13.1. The Balaban J connectivity index is 1.80. The monoisotopic (exact) mass is 281 g/mol. The van der Waals surface area contributed by atoms with Gasteiger partial charge in [0.15, 0.2) is 0 Å². The second kappa shape index (κ2) is 8.78. The molecule has 3 heteroatoms. The van der Waals surface area contributed by atoms with Gasteiger partial charge in [0.2, 0.25) is 0 Å². The number of hydrogen-bond donors (Lipinski definition) is 0. The molecular formula is C17H31NO2. The fraction of sp³-hybridized carbons (Fsp3) is 0.941. The summed E-state index contributed by atoms with van der Waals surface area (Å²) < 4.78 is 5.71. The van der Waals surface area contributed by atoms with Gasteiger partial charge in [0.05, 0.1) is 6.61 Å². The van der Waals surface area contributed by atoms with Gasteiger partial charge in [-0.25, -0.2) is 0 Å². The van der Waals surface area contributed by atoms with E-state index in [1.807, 2.05) is 0 Å². The van der Waals surface area contributed by atoms with E-state index in [9.17, 15) is 4.79 Å². The van der Waals surface area contributed by atoms with Crippen LogP contribution >= 0.6 is 0 Å². The minimum absolute atomic E-state index is 0.319. The summed E-state index contributed by atoms with van der Waals surface area (Å²) in [6.07, 6.45) is 10.4. The lowest BCUT2D eigenvalue weighted by Gasteiger charge is -2.41. The summed E-state index contributed by atoms with van der Waals surface area (Å²) in [7, 11) is 0. The van der Waals surface area contributed by atoms with Crippen molar-refractivity contribution in [2.75, 3.05) is 26.3 Å². The van der Waals surface area contributed by atoms with Crippen LogP contribution in [0.15, 0.2) is 0 Å². The lowest BCUT2D eigenvalue weighted by Crippen LogP contribution is -2.48. The summed E-state index contributed by atoms with van der Waals surface area (Å²) >= 11 is 0. The zero-order valence-electron chi connectivity index (χ0n) is 13.1. The largest absolute Gasteiger partial charge is 0.380 e. The number of ketones is 1. The van der Waals surface area contributed by atoms with Crippen LogP contribution in [0.5, 0.6) is 0 Å². The van der Waals surface area contributed by atoms with Crippen molar-refractivity contribution in [3.63, 3.8) is 0 Å². The molecule has 2 aliphatic rings. The highest BCUT2D eigenvalue weighted by Gasteiger charge is 2.34. The maximum atomic E-state index is 12.2. The molecule has 0 spiro atoms. The lowest BCUT2D eigenvalue weighted by molar-refractivity contribution is -0.127. The van der Waals surface area contributed by atoms with Gasteiger partial charge in [0.25, 0.3) is 0 Å². The van der Waals surface area contributed by atoms with Gasteiger partial charge in [-0.2, -0.15) is 0 Å². The number of nitrogens with zero attached hydrogens (tertiary/aromatic N) is 1. The molecule has 2 unspecified atom stereocenters. The van der Waals surface area contributed by atoms with E-state index < -0.39 is 0 Å². The van der Waals surface area contributed by atoms with Gasteiger partial charge in [0.1, 0.15) is 5.78 Å². The summed E-state index contributed by atoms with van der Waals surface area (Å²) in [4.78, 5) is 14.7. The van der Waals surface area contributed by atoms with Gasteiger partial charge >= 0.3 is 0 Å². The summed E-state index contributed by atoms with van der Waals surface area (Å²) in [6.45, 7) is 6.08.